The molecule has 0 unspecified atom stereocenters. The minimum Gasteiger partial charge on any atom is -0.337 e. The van der Waals surface area contributed by atoms with Crippen LogP contribution in [0.4, 0.5) is 0 Å². The predicted octanol–water partition coefficient (Wildman–Crippen LogP) is 2.26. The molecule has 0 bridgehead atoms. The maximum Gasteiger partial charge on any atom is 0.223 e. The van der Waals surface area contributed by atoms with Gasteiger partial charge in [0.25, 0.3) is 0 Å². The first-order valence-electron chi connectivity index (χ1n) is 7.49. The molecule has 0 radical (unpaired) electrons. The molecular weight excluding hydrogens is 250 g/mol. The Labute approximate surface area is 121 Å². The molecule has 0 saturated heterocycles. The summed E-state index contributed by atoms with van der Waals surface area (Å²) < 4.78 is 0. The van der Waals surface area contributed by atoms with Gasteiger partial charge >= 0.3 is 0 Å². The zero-order valence-electron chi connectivity index (χ0n) is 12.6. The van der Waals surface area contributed by atoms with Crippen molar-refractivity contribution in [1.29, 1.82) is 0 Å². The molecule has 1 saturated carbocycles. The molecule has 0 aromatic carbocycles. The van der Waals surface area contributed by atoms with Gasteiger partial charge in [0, 0.05) is 18.7 Å². The van der Waals surface area contributed by atoms with Gasteiger partial charge in [0.1, 0.15) is 0 Å². The minimum absolute atomic E-state index is 0.0739. The summed E-state index contributed by atoms with van der Waals surface area (Å²) in [7, 11) is 0. The number of pyridine rings is 1. The summed E-state index contributed by atoms with van der Waals surface area (Å²) in [5.41, 5.74) is 7.87. The fourth-order valence-corrected chi connectivity index (χ4v) is 2.82. The largest absolute Gasteiger partial charge is 0.337 e. The highest BCUT2D eigenvalue weighted by molar-refractivity contribution is 5.77. The van der Waals surface area contributed by atoms with Crippen molar-refractivity contribution in [1.82, 2.24) is 9.88 Å². The maximum absolute atomic E-state index is 12.5. The second-order valence-corrected chi connectivity index (χ2v) is 5.91. The van der Waals surface area contributed by atoms with Gasteiger partial charge < -0.3 is 10.6 Å². The summed E-state index contributed by atoms with van der Waals surface area (Å²) in [6.45, 7) is 5.93. The van der Waals surface area contributed by atoms with E-state index in [0.717, 1.165) is 30.8 Å². The molecule has 4 nitrogen and oxygen atoms in total. The van der Waals surface area contributed by atoms with E-state index in [4.69, 9.17) is 5.73 Å². The Bertz CT molecular complexity index is 463. The van der Waals surface area contributed by atoms with Crippen molar-refractivity contribution in [2.75, 3.05) is 13.1 Å². The minimum atomic E-state index is 0.0739. The van der Waals surface area contributed by atoms with Gasteiger partial charge in [-0.05, 0) is 50.8 Å². The second-order valence-electron chi connectivity index (χ2n) is 5.91. The van der Waals surface area contributed by atoms with Crippen LogP contribution in [-0.4, -0.2) is 28.9 Å². The van der Waals surface area contributed by atoms with Crippen molar-refractivity contribution in [3.63, 3.8) is 0 Å². The topological polar surface area (TPSA) is 59.2 Å². The molecule has 0 atom stereocenters. The van der Waals surface area contributed by atoms with E-state index in [1.165, 1.54) is 6.42 Å². The average Bonchev–Trinajstić information content (AvgIpc) is 2.40. The fourth-order valence-electron chi connectivity index (χ4n) is 2.82. The lowest BCUT2D eigenvalue weighted by Gasteiger charge is -2.41. The third kappa shape index (κ3) is 3.37. The molecule has 1 fully saturated rings. The Morgan fingerprint density at radius 1 is 1.45 bits per heavy atom. The van der Waals surface area contributed by atoms with Crippen LogP contribution in [0.15, 0.2) is 18.2 Å². The highest BCUT2D eigenvalue weighted by Crippen LogP contribution is 2.43. The van der Waals surface area contributed by atoms with Crippen molar-refractivity contribution >= 4 is 5.91 Å². The summed E-state index contributed by atoms with van der Waals surface area (Å²) in [6.07, 6.45) is 3.98. The predicted molar refractivity (Wildman–Crippen MR) is 80.0 cm³/mol. The van der Waals surface area contributed by atoms with Crippen LogP contribution >= 0.6 is 0 Å². The summed E-state index contributed by atoms with van der Waals surface area (Å²) in [6, 6.07) is 5.94. The molecule has 1 aliphatic rings. The molecule has 110 valence electrons. The van der Waals surface area contributed by atoms with E-state index in [1.54, 1.807) is 0 Å². The molecular formula is C16H25N3O. The number of carbonyl (C=O) groups excluding carboxylic acids is 1. The maximum atomic E-state index is 12.5. The molecule has 2 N–H and O–H groups in total. The standard InChI is InChI=1S/C16H25N3O/c1-3-19(11-14-7-4-6-13(2)18-14)15(20)10-16(12-17)8-5-9-16/h4,6-7H,3,5,8-12,17H2,1-2H3. The number of hydrogen-bond acceptors (Lipinski definition) is 3. The van der Waals surface area contributed by atoms with Crippen LogP contribution in [0.1, 0.15) is 44.0 Å². The van der Waals surface area contributed by atoms with Crippen LogP contribution in [0.3, 0.4) is 0 Å². The lowest BCUT2D eigenvalue weighted by molar-refractivity contribution is -0.135. The van der Waals surface area contributed by atoms with Crippen LogP contribution < -0.4 is 5.73 Å². The van der Waals surface area contributed by atoms with Gasteiger partial charge in [-0.15, -0.1) is 0 Å². The van der Waals surface area contributed by atoms with Gasteiger partial charge in [-0.3, -0.25) is 9.78 Å². The van der Waals surface area contributed by atoms with Gasteiger partial charge in [-0.1, -0.05) is 12.5 Å². The fraction of sp³-hybridized carbons (Fsp3) is 0.625. The average molecular weight is 275 g/mol. The Morgan fingerprint density at radius 3 is 2.70 bits per heavy atom. The second kappa shape index (κ2) is 6.35. The number of carbonyl (C=O) groups is 1. The number of aromatic nitrogens is 1. The van der Waals surface area contributed by atoms with E-state index in [9.17, 15) is 4.79 Å². The molecule has 20 heavy (non-hydrogen) atoms. The van der Waals surface area contributed by atoms with E-state index < -0.39 is 0 Å². The molecule has 1 aliphatic carbocycles. The van der Waals surface area contributed by atoms with Gasteiger partial charge in [-0.25, -0.2) is 0 Å². The molecule has 1 aromatic heterocycles. The van der Waals surface area contributed by atoms with Crippen LogP contribution in [0.25, 0.3) is 0 Å². The van der Waals surface area contributed by atoms with E-state index >= 15 is 0 Å². The molecule has 0 spiro atoms. The van der Waals surface area contributed by atoms with Crippen molar-refractivity contribution < 1.29 is 4.79 Å². The summed E-state index contributed by atoms with van der Waals surface area (Å²) >= 11 is 0. The molecule has 0 aliphatic heterocycles. The third-order valence-corrected chi connectivity index (χ3v) is 4.41. The van der Waals surface area contributed by atoms with Crippen LogP contribution in [-0.2, 0) is 11.3 Å². The lowest BCUT2D eigenvalue weighted by Crippen LogP contribution is -2.43. The van der Waals surface area contributed by atoms with E-state index in [0.29, 0.717) is 19.5 Å². The number of hydrogen-bond donors (Lipinski definition) is 1. The van der Waals surface area contributed by atoms with Gasteiger partial charge in [0.2, 0.25) is 5.91 Å². The first-order chi connectivity index (χ1) is 9.58. The van der Waals surface area contributed by atoms with Crippen molar-refractivity contribution in [2.24, 2.45) is 11.1 Å². The summed E-state index contributed by atoms with van der Waals surface area (Å²) in [5, 5.41) is 0. The first-order valence-corrected chi connectivity index (χ1v) is 7.49. The van der Waals surface area contributed by atoms with E-state index in [-0.39, 0.29) is 11.3 Å². The number of rotatable bonds is 6. The van der Waals surface area contributed by atoms with Crippen molar-refractivity contribution in [2.45, 2.75) is 46.1 Å². The Balaban J connectivity index is 1.99. The van der Waals surface area contributed by atoms with Crippen molar-refractivity contribution in [3.05, 3.63) is 29.6 Å². The third-order valence-electron chi connectivity index (χ3n) is 4.41. The molecule has 4 heteroatoms. The molecule has 1 aromatic rings. The quantitative estimate of drug-likeness (QED) is 0.866. The van der Waals surface area contributed by atoms with Crippen molar-refractivity contribution in [3.8, 4) is 0 Å². The molecule has 2 rings (SSSR count). The Kier molecular flexibility index (Phi) is 4.76. The Morgan fingerprint density at radius 2 is 2.20 bits per heavy atom. The van der Waals surface area contributed by atoms with E-state index in [1.807, 2.05) is 36.9 Å². The smallest absolute Gasteiger partial charge is 0.223 e. The number of nitrogens with two attached hydrogens (primary N) is 1. The highest BCUT2D eigenvalue weighted by Gasteiger charge is 2.38. The van der Waals surface area contributed by atoms with E-state index in [2.05, 4.69) is 4.98 Å². The molecule has 1 heterocycles. The number of amides is 1. The zero-order valence-corrected chi connectivity index (χ0v) is 12.6. The van der Waals surface area contributed by atoms with Crippen LogP contribution in [0.5, 0.6) is 0 Å². The summed E-state index contributed by atoms with van der Waals surface area (Å²) in [4.78, 5) is 18.8. The highest BCUT2D eigenvalue weighted by atomic mass is 16.2. The first kappa shape index (κ1) is 15.0. The van der Waals surface area contributed by atoms with Gasteiger partial charge in [0.15, 0.2) is 0 Å². The normalized spacial score (nSPS) is 16.6. The number of nitrogens with zero attached hydrogens (tertiary/aromatic N) is 2. The van der Waals surface area contributed by atoms with Crippen LogP contribution in [0.2, 0.25) is 0 Å². The lowest BCUT2D eigenvalue weighted by atomic mass is 9.66. The van der Waals surface area contributed by atoms with Crippen LogP contribution in [0, 0.1) is 12.3 Å². The zero-order chi connectivity index (χ0) is 14.6. The monoisotopic (exact) mass is 275 g/mol. The SMILES string of the molecule is CCN(Cc1cccc(C)n1)C(=O)CC1(CN)CCC1. The van der Waals surface area contributed by atoms with Gasteiger partial charge in [0.05, 0.1) is 12.2 Å². The van der Waals surface area contributed by atoms with Gasteiger partial charge in [-0.2, -0.15) is 0 Å². The Hall–Kier alpha value is -1.42. The number of aryl methyl sites for hydroxylation is 1. The molecule has 1 amide bonds. The summed E-state index contributed by atoms with van der Waals surface area (Å²) in [5.74, 6) is 0.209.